The van der Waals surface area contributed by atoms with E-state index in [2.05, 4.69) is 15.3 Å². The van der Waals surface area contributed by atoms with Crippen molar-refractivity contribution < 1.29 is 9.21 Å². The van der Waals surface area contributed by atoms with Gasteiger partial charge < -0.3 is 14.6 Å². The van der Waals surface area contributed by atoms with Crippen molar-refractivity contribution in [3.8, 4) is 11.5 Å². The van der Waals surface area contributed by atoms with E-state index in [4.69, 9.17) is 4.42 Å². The van der Waals surface area contributed by atoms with Gasteiger partial charge in [0.15, 0.2) is 5.82 Å². The van der Waals surface area contributed by atoms with Gasteiger partial charge in [-0.15, -0.1) is 0 Å². The fourth-order valence-corrected chi connectivity index (χ4v) is 2.49. The second kappa shape index (κ2) is 7.17. The van der Waals surface area contributed by atoms with Gasteiger partial charge in [0.1, 0.15) is 5.76 Å². The van der Waals surface area contributed by atoms with Crippen LogP contribution in [0.25, 0.3) is 11.5 Å². The number of rotatable bonds is 5. The predicted molar refractivity (Wildman–Crippen MR) is 97.6 cm³/mol. The molecule has 0 saturated heterocycles. The van der Waals surface area contributed by atoms with Crippen molar-refractivity contribution in [2.24, 2.45) is 0 Å². The minimum absolute atomic E-state index is 0.143. The summed E-state index contributed by atoms with van der Waals surface area (Å²) in [6.45, 7) is 1.82. The monoisotopic (exact) mass is 336 g/mol. The number of hydrogen-bond acceptors (Lipinski definition) is 5. The Balaban J connectivity index is 1.75. The second-order valence-electron chi connectivity index (χ2n) is 5.88. The minimum atomic E-state index is -0.160. The Kier molecular flexibility index (Phi) is 4.79. The molecule has 0 aliphatic rings. The van der Waals surface area contributed by atoms with E-state index in [0.717, 1.165) is 5.56 Å². The quantitative estimate of drug-likeness (QED) is 0.774. The zero-order valence-corrected chi connectivity index (χ0v) is 14.5. The fraction of sp³-hybridized carbons (Fsp3) is 0.211. The zero-order chi connectivity index (χ0) is 17.8. The van der Waals surface area contributed by atoms with Crippen LogP contribution in [0.4, 0.5) is 11.5 Å². The second-order valence-corrected chi connectivity index (χ2v) is 5.88. The number of nitrogens with zero attached hydrogens (tertiary/aromatic N) is 3. The summed E-state index contributed by atoms with van der Waals surface area (Å²) in [5.74, 6) is 1.72. The molecular weight excluding hydrogens is 316 g/mol. The van der Waals surface area contributed by atoms with Gasteiger partial charge in [0.05, 0.1) is 17.8 Å². The summed E-state index contributed by atoms with van der Waals surface area (Å²) < 4.78 is 5.70. The average molecular weight is 336 g/mol. The lowest BCUT2D eigenvalue weighted by Gasteiger charge is -2.16. The molecule has 2 heterocycles. The van der Waals surface area contributed by atoms with E-state index >= 15 is 0 Å². The van der Waals surface area contributed by atoms with Crippen molar-refractivity contribution in [1.82, 2.24) is 9.97 Å². The van der Waals surface area contributed by atoms with Crippen molar-refractivity contribution in [2.75, 3.05) is 24.3 Å². The van der Waals surface area contributed by atoms with Gasteiger partial charge in [0.25, 0.3) is 0 Å². The van der Waals surface area contributed by atoms with Crippen LogP contribution in [0.3, 0.4) is 0 Å². The first kappa shape index (κ1) is 16.7. The Morgan fingerprint density at radius 3 is 2.64 bits per heavy atom. The average Bonchev–Trinajstić information content (AvgIpc) is 2.96. The normalized spacial score (nSPS) is 10.5. The summed E-state index contributed by atoms with van der Waals surface area (Å²) in [7, 11) is 3.76. The maximum atomic E-state index is 12.4. The third kappa shape index (κ3) is 3.85. The summed E-state index contributed by atoms with van der Waals surface area (Å²) in [5.41, 5.74) is 2.19. The molecule has 0 radical (unpaired) electrons. The van der Waals surface area contributed by atoms with E-state index in [1.54, 1.807) is 12.3 Å². The van der Waals surface area contributed by atoms with Crippen LogP contribution in [0, 0.1) is 6.92 Å². The maximum Gasteiger partial charge on any atom is 0.230 e. The first-order valence-electron chi connectivity index (χ1n) is 7.98. The molecule has 1 amide bonds. The van der Waals surface area contributed by atoms with Crippen molar-refractivity contribution >= 4 is 17.4 Å². The van der Waals surface area contributed by atoms with Crippen LogP contribution < -0.4 is 10.2 Å². The number of hydrogen-bond donors (Lipinski definition) is 1. The highest BCUT2D eigenvalue weighted by Crippen LogP contribution is 2.23. The SMILES string of the molecule is Cc1oc(-c2ccccc2)nc1CC(=O)Nc1cccnc1N(C)C. The highest BCUT2D eigenvalue weighted by molar-refractivity contribution is 5.94. The molecule has 3 rings (SSSR count). The molecule has 1 aromatic carbocycles. The Morgan fingerprint density at radius 1 is 1.16 bits per heavy atom. The van der Waals surface area contributed by atoms with Gasteiger partial charge in [-0.25, -0.2) is 9.97 Å². The number of benzene rings is 1. The van der Waals surface area contributed by atoms with E-state index in [1.165, 1.54) is 0 Å². The van der Waals surface area contributed by atoms with Gasteiger partial charge in [0, 0.05) is 25.9 Å². The first-order valence-corrected chi connectivity index (χ1v) is 7.98. The summed E-state index contributed by atoms with van der Waals surface area (Å²) in [4.78, 5) is 23.0. The first-order chi connectivity index (χ1) is 12.0. The van der Waals surface area contributed by atoms with Crippen LogP contribution in [0.15, 0.2) is 53.1 Å². The number of pyridine rings is 1. The molecule has 25 heavy (non-hydrogen) atoms. The maximum absolute atomic E-state index is 12.4. The zero-order valence-electron chi connectivity index (χ0n) is 14.5. The van der Waals surface area contributed by atoms with E-state index in [9.17, 15) is 4.79 Å². The van der Waals surface area contributed by atoms with Crippen molar-refractivity contribution in [1.29, 1.82) is 0 Å². The van der Waals surface area contributed by atoms with Gasteiger partial charge in [-0.1, -0.05) is 18.2 Å². The molecule has 3 aromatic rings. The van der Waals surface area contributed by atoms with Crippen LogP contribution in [0.5, 0.6) is 0 Å². The smallest absolute Gasteiger partial charge is 0.230 e. The van der Waals surface area contributed by atoms with E-state index in [1.807, 2.05) is 62.3 Å². The molecule has 0 aliphatic carbocycles. The molecule has 0 atom stereocenters. The van der Waals surface area contributed by atoms with E-state index in [0.29, 0.717) is 28.9 Å². The predicted octanol–water partition coefficient (Wildman–Crippen LogP) is 3.29. The van der Waals surface area contributed by atoms with Crippen LogP contribution in [0.2, 0.25) is 0 Å². The molecule has 0 fully saturated rings. The highest BCUT2D eigenvalue weighted by atomic mass is 16.4. The fourth-order valence-electron chi connectivity index (χ4n) is 2.49. The summed E-state index contributed by atoms with van der Waals surface area (Å²) in [6, 6.07) is 13.2. The number of oxazole rings is 1. The molecule has 0 aliphatic heterocycles. The number of nitrogens with one attached hydrogen (secondary N) is 1. The molecule has 0 spiro atoms. The van der Waals surface area contributed by atoms with Crippen LogP contribution >= 0.6 is 0 Å². The largest absolute Gasteiger partial charge is 0.441 e. The summed E-state index contributed by atoms with van der Waals surface area (Å²) >= 11 is 0. The third-order valence-corrected chi connectivity index (χ3v) is 3.73. The summed E-state index contributed by atoms with van der Waals surface area (Å²) in [5, 5.41) is 2.89. The standard InChI is InChI=1S/C19H20N4O2/c1-13-16(22-19(25-13)14-8-5-4-6-9-14)12-17(24)21-15-10-7-11-20-18(15)23(2)3/h4-11H,12H2,1-3H3,(H,21,24). The molecule has 6 heteroatoms. The number of anilines is 2. The molecule has 6 nitrogen and oxygen atoms in total. The molecule has 0 unspecified atom stereocenters. The molecule has 0 saturated carbocycles. The van der Waals surface area contributed by atoms with E-state index in [-0.39, 0.29) is 12.3 Å². The number of amides is 1. The minimum Gasteiger partial charge on any atom is -0.441 e. The Labute approximate surface area is 146 Å². The van der Waals surface area contributed by atoms with Crippen LogP contribution in [0.1, 0.15) is 11.5 Å². The highest BCUT2D eigenvalue weighted by Gasteiger charge is 2.16. The molecule has 128 valence electrons. The lowest BCUT2D eigenvalue weighted by Crippen LogP contribution is -2.19. The topological polar surface area (TPSA) is 71.3 Å². The number of carbonyl (C=O) groups excluding carboxylic acids is 1. The molecule has 2 aromatic heterocycles. The molecule has 0 bridgehead atoms. The van der Waals surface area contributed by atoms with Crippen LogP contribution in [-0.4, -0.2) is 30.0 Å². The number of aryl methyl sites for hydroxylation is 1. The van der Waals surface area contributed by atoms with Gasteiger partial charge >= 0.3 is 0 Å². The number of aromatic nitrogens is 2. The lowest BCUT2D eigenvalue weighted by molar-refractivity contribution is -0.115. The van der Waals surface area contributed by atoms with Gasteiger partial charge in [0.2, 0.25) is 11.8 Å². The van der Waals surface area contributed by atoms with Crippen molar-refractivity contribution in [3.05, 3.63) is 60.1 Å². The Bertz CT molecular complexity index is 872. The van der Waals surface area contributed by atoms with Crippen molar-refractivity contribution in [3.63, 3.8) is 0 Å². The van der Waals surface area contributed by atoms with Gasteiger partial charge in [-0.05, 0) is 31.2 Å². The molecular formula is C19H20N4O2. The summed E-state index contributed by atoms with van der Waals surface area (Å²) in [6.07, 6.45) is 1.84. The number of carbonyl (C=O) groups is 1. The Hall–Kier alpha value is -3.15. The molecule has 1 N–H and O–H groups in total. The van der Waals surface area contributed by atoms with Gasteiger partial charge in [-0.2, -0.15) is 0 Å². The van der Waals surface area contributed by atoms with Crippen LogP contribution in [-0.2, 0) is 11.2 Å². The third-order valence-electron chi connectivity index (χ3n) is 3.73. The van der Waals surface area contributed by atoms with E-state index < -0.39 is 0 Å². The lowest BCUT2D eigenvalue weighted by atomic mass is 10.2. The van der Waals surface area contributed by atoms with Crippen molar-refractivity contribution in [2.45, 2.75) is 13.3 Å². The Morgan fingerprint density at radius 2 is 1.92 bits per heavy atom. The van der Waals surface area contributed by atoms with Gasteiger partial charge in [-0.3, -0.25) is 4.79 Å².